The number of ether oxygens (including phenoxy) is 1. The van der Waals surface area contributed by atoms with Crippen molar-refractivity contribution in [3.8, 4) is 5.75 Å². The van der Waals surface area contributed by atoms with E-state index < -0.39 is 28.0 Å². The zero-order chi connectivity index (χ0) is 24.1. The lowest BCUT2D eigenvalue weighted by Crippen LogP contribution is -2.17. The monoisotopic (exact) mass is 478 g/mol. The first-order chi connectivity index (χ1) is 15.6. The highest BCUT2D eigenvalue weighted by atomic mass is 32.2. The van der Waals surface area contributed by atoms with E-state index in [4.69, 9.17) is 5.21 Å². The number of hydrogen-bond acceptors (Lipinski definition) is 5. The van der Waals surface area contributed by atoms with E-state index in [1.54, 1.807) is 42.5 Å². The molecule has 0 atom stereocenters. The normalized spacial score (nSPS) is 12.2. The molecular weight excluding hydrogens is 461 g/mol. The fraction of sp³-hybridized carbons (Fsp3) is 0.0455. The van der Waals surface area contributed by atoms with Crippen LogP contribution in [0.15, 0.2) is 89.8 Å². The number of hydrogen-bond donors (Lipinski definition) is 3. The van der Waals surface area contributed by atoms with Gasteiger partial charge in [0.05, 0.1) is 4.90 Å². The summed E-state index contributed by atoms with van der Waals surface area (Å²) in [4.78, 5) is 11.5. The fourth-order valence-electron chi connectivity index (χ4n) is 2.90. The Kier molecular flexibility index (Phi) is 7.04. The number of benzene rings is 3. The van der Waals surface area contributed by atoms with Crippen LogP contribution in [0.3, 0.4) is 0 Å². The van der Waals surface area contributed by atoms with Crippen LogP contribution in [-0.2, 0) is 14.8 Å². The maximum absolute atomic E-state index is 12.7. The van der Waals surface area contributed by atoms with Crippen molar-refractivity contribution in [2.24, 2.45) is 0 Å². The number of carbonyl (C=O) groups is 1. The molecule has 3 aromatic rings. The summed E-state index contributed by atoms with van der Waals surface area (Å²) >= 11 is 0. The van der Waals surface area contributed by atoms with E-state index in [1.165, 1.54) is 17.6 Å². The fourth-order valence-corrected chi connectivity index (χ4v) is 3.95. The third-order valence-electron chi connectivity index (χ3n) is 4.26. The number of alkyl halides is 3. The molecule has 0 aliphatic rings. The highest BCUT2D eigenvalue weighted by Crippen LogP contribution is 2.28. The Hall–Kier alpha value is -3.83. The van der Waals surface area contributed by atoms with Gasteiger partial charge in [0.2, 0.25) is 0 Å². The van der Waals surface area contributed by atoms with Gasteiger partial charge in [0.25, 0.3) is 15.9 Å². The van der Waals surface area contributed by atoms with Gasteiger partial charge < -0.3 is 4.74 Å². The van der Waals surface area contributed by atoms with Gasteiger partial charge in [0, 0.05) is 11.8 Å². The molecule has 0 aliphatic carbocycles. The number of carbonyl (C=O) groups excluding carboxylic acids is 1. The van der Waals surface area contributed by atoms with Gasteiger partial charge in [-0.1, -0.05) is 42.5 Å². The molecule has 3 N–H and O–H groups in total. The second kappa shape index (κ2) is 9.76. The molecule has 0 bridgehead atoms. The summed E-state index contributed by atoms with van der Waals surface area (Å²) in [6.07, 6.45) is -3.74. The molecule has 0 aromatic heterocycles. The van der Waals surface area contributed by atoms with E-state index in [9.17, 15) is 26.4 Å². The molecule has 0 aliphatic heterocycles. The van der Waals surface area contributed by atoms with E-state index in [0.717, 1.165) is 30.3 Å². The zero-order valence-electron chi connectivity index (χ0n) is 16.7. The average molecular weight is 478 g/mol. The van der Waals surface area contributed by atoms with Gasteiger partial charge in [0.1, 0.15) is 5.75 Å². The molecule has 7 nitrogen and oxygen atoms in total. The van der Waals surface area contributed by atoms with Crippen LogP contribution >= 0.6 is 0 Å². The molecule has 0 spiro atoms. The van der Waals surface area contributed by atoms with Crippen LogP contribution < -0.4 is 14.9 Å². The summed E-state index contributed by atoms with van der Waals surface area (Å²) in [6, 6.07) is 18.6. The van der Waals surface area contributed by atoms with E-state index in [1.807, 2.05) is 0 Å². The highest BCUT2D eigenvalue weighted by Gasteiger charge is 2.31. The predicted molar refractivity (Wildman–Crippen MR) is 114 cm³/mol. The standard InChI is InChI=1S/C22H17F3N2O5S/c23-22(24,25)32-18-9-11-19(12-10-18)33(30,31)27-17-8-4-7-16(13-17)20(14-21(28)26-29)15-5-2-1-3-6-15/h1-14,27,29H,(H,26,28)/b20-14-. The summed E-state index contributed by atoms with van der Waals surface area (Å²) in [5, 5.41) is 8.89. The zero-order valence-corrected chi connectivity index (χ0v) is 17.5. The second-order valence-electron chi connectivity index (χ2n) is 6.61. The first kappa shape index (κ1) is 23.8. The van der Waals surface area contributed by atoms with Gasteiger partial charge in [-0.3, -0.25) is 14.7 Å². The molecule has 0 fully saturated rings. The van der Waals surface area contributed by atoms with Crippen LogP contribution in [0.5, 0.6) is 5.75 Å². The third kappa shape index (κ3) is 6.57. The molecule has 1 amide bonds. The van der Waals surface area contributed by atoms with E-state index >= 15 is 0 Å². The lowest BCUT2D eigenvalue weighted by molar-refractivity contribution is -0.274. The van der Waals surface area contributed by atoms with Crippen molar-refractivity contribution < 1.29 is 36.3 Å². The largest absolute Gasteiger partial charge is 0.573 e. The Balaban J connectivity index is 1.89. The van der Waals surface area contributed by atoms with Gasteiger partial charge in [-0.25, -0.2) is 13.9 Å². The van der Waals surface area contributed by atoms with Crippen molar-refractivity contribution in [3.05, 3.63) is 96.1 Å². The summed E-state index contributed by atoms with van der Waals surface area (Å²) in [6.45, 7) is 0. The molecule has 3 aromatic carbocycles. The molecule has 0 unspecified atom stereocenters. The van der Waals surface area contributed by atoms with Crippen molar-refractivity contribution in [1.29, 1.82) is 0 Å². The number of hydroxylamine groups is 1. The molecule has 0 heterocycles. The van der Waals surface area contributed by atoms with Gasteiger partial charge in [-0.05, 0) is 53.1 Å². The van der Waals surface area contributed by atoms with Crippen LogP contribution in [0.4, 0.5) is 18.9 Å². The van der Waals surface area contributed by atoms with Crippen molar-refractivity contribution in [3.63, 3.8) is 0 Å². The summed E-state index contributed by atoms with van der Waals surface area (Å²) in [5.41, 5.74) is 3.19. The lowest BCUT2D eigenvalue weighted by atomic mass is 9.97. The van der Waals surface area contributed by atoms with Gasteiger partial charge in [-0.2, -0.15) is 0 Å². The molecule has 172 valence electrons. The molecular formula is C22H17F3N2O5S. The summed E-state index contributed by atoms with van der Waals surface area (Å²) < 4.78 is 68.3. The minimum absolute atomic E-state index is 0.148. The summed E-state index contributed by atoms with van der Waals surface area (Å²) in [5.74, 6) is -1.33. The number of amides is 1. The van der Waals surface area contributed by atoms with Gasteiger partial charge >= 0.3 is 6.36 Å². The Bertz CT molecular complexity index is 1260. The molecule has 0 saturated carbocycles. The van der Waals surface area contributed by atoms with Crippen molar-refractivity contribution in [1.82, 2.24) is 5.48 Å². The molecule has 33 heavy (non-hydrogen) atoms. The molecule has 11 heteroatoms. The smallest absolute Gasteiger partial charge is 0.406 e. The number of sulfonamides is 1. The summed E-state index contributed by atoms with van der Waals surface area (Å²) in [7, 11) is -4.13. The topological polar surface area (TPSA) is 105 Å². The van der Waals surface area contributed by atoms with Crippen LogP contribution in [0.25, 0.3) is 5.57 Å². The SMILES string of the molecule is O=C(/C=C(/c1ccccc1)c1cccc(NS(=O)(=O)c2ccc(OC(F)(F)F)cc2)c1)NO. The molecule has 3 rings (SSSR count). The maximum atomic E-state index is 12.7. The van der Waals surface area contributed by atoms with Crippen molar-refractivity contribution in [2.45, 2.75) is 11.3 Å². The van der Waals surface area contributed by atoms with Crippen LogP contribution in [0.2, 0.25) is 0 Å². The Morgan fingerprint density at radius 3 is 2.15 bits per heavy atom. The minimum atomic E-state index is -4.89. The van der Waals surface area contributed by atoms with E-state index in [2.05, 4.69) is 9.46 Å². The maximum Gasteiger partial charge on any atom is 0.573 e. The Labute approximate surface area is 187 Å². The number of halogens is 3. The second-order valence-corrected chi connectivity index (χ2v) is 8.29. The lowest BCUT2D eigenvalue weighted by Gasteiger charge is -2.13. The number of anilines is 1. The molecule has 0 saturated heterocycles. The number of rotatable bonds is 7. The highest BCUT2D eigenvalue weighted by molar-refractivity contribution is 7.92. The van der Waals surface area contributed by atoms with Crippen LogP contribution in [0.1, 0.15) is 11.1 Å². The van der Waals surface area contributed by atoms with Gasteiger partial charge in [0.15, 0.2) is 0 Å². The third-order valence-corrected chi connectivity index (χ3v) is 5.66. The van der Waals surface area contributed by atoms with Crippen LogP contribution in [-0.4, -0.2) is 25.9 Å². The number of nitrogens with one attached hydrogen (secondary N) is 2. The van der Waals surface area contributed by atoms with Crippen molar-refractivity contribution in [2.75, 3.05) is 4.72 Å². The van der Waals surface area contributed by atoms with Crippen LogP contribution in [0, 0.1) is 0 Å². The average Bonchev–Trinajstić information content (AvgIpc) is 2.77. The van der Waals surface area contributed by atoms with E-state index in [-0.39, 0.29) is 10.6 Å². The van der Waals surface area contributed by atoms with Gasteiger partial charge in [-0.15, -0.1) is 13.2 Å². The Morgan fingerprint density at radius 2 is 1.55 bits per heavy atom. The van der Waals surface area contributed by atoms with E-state index in [0.29, 0.717) is 16.7 Å². The first-order valence-corrected chi connectivity index (χ1v) is 10.8. The quantitative estimate of drug-likeness (QED) is 0.267. The first-order valence-electron chi connectivity index (χ1n) is 9.28. The predicted octanol–water partition coefficient (Wildman–Crippen LogP) is 4.32. The molecule has 0 radical (unpaired) electrons. The minimum Gasteiger partial charge on any atom is -0.406 e. The Morgan fingerprint density at radius 1 is 0.909 bits per heavy atom. The van der Waals surface area contributed by atoms with Crippen molar-refractivity contribution >= 4 is 27.2 Å².